The van der Waals surface area contributed by atoms with Crippen LogP contribution in [-0.4, -0.2) is 16.8 Å². The first-order valence-electron chi connectivity index (χ1n) is 9.63. The molecule has 0 heterocycles. The molecule has 10 heteroatoms. The van der Waals surface area contributed by atoms with Crippen LogP contribution in [0.15, 0.2) is 49.1 Å². The molecule has 166 valence electrons. The Bertz CT molecular complexity index is 1120. The summed E-state index contributed by atoms with van der Waals surface area (Å²) in [6.07, 6.45) is 6.85. The van der Waals surface area contributed by atoms with Crippen molar-refractivity contribution >= 4 is 51.9 Å². The lowest BCUT2D eigenvalue weighted by Gasteiger charge is -2.17. The molecule has 0 aromatic heterocycles. The minimum atomic E-state index is -4.14. The van der Waals surface area contributed by atoms with Gasteiger partial charge in [0.2, 0.25) is 20.0 Å². The maximum absolute atomic E-state index is 12.6. The third-order valence-corrected chi connectivity index (χ3v) is 8.03. The number of unbranched alkanes of at least 4 members (excludes halogenated alkanes) is 5. The van der Waals surface area contributed by atoms with Crippen molar-refractivity contribution in [3.05, 3.63) is 44.8 Å². The standard InChI is InChI=1S/C20H26Br2N2O4S2/c1-2-3-4-5-6-7-8-17-18(22)12-11-16(20(17)30(24,27)28)15-10-9-14(21)13-19(15)29(23,25)26/h9-13H,2-8H2,1H3,(H2,23,25,26)(H2,24,27,28). The lowest BCUT2D eigenvalue weighted by atomic mass is 9.99. The van der Waals surface area contributed by atoms with Crippen LogP contribution in [0.1, 0.15) is 51.0 Å². The molecule has 0 amide bonds. The van der Waals surface area contributed by atoms with E-state index in [0.29, 0.717) is 20.9 Å². The largest absolute Gasteiger partial charge is 0.238 e. The van der Waals surface area contributed by atoms with E-state index in [0.717, 1.165) is 32.1 Å². The summed E-state index contributed by atoms with van der Waals surface area (Å²) in [6.45, 7) is 2.15. The van der Waals surface area contributed by atoms with Gasteiger partial charge in [0, 0.05) is 20.1 Å². The molecule has 0 saturated carbocycles. The van der Waals surface area contributed by atoms with Gasteiger partial charge in [-0.15, -0.1) is 0 Å². The van der Waals surface area contributed by atoms with Gasteiger partial charge in [-0.25, -0.2) is 27.1 Å². The van der Waals surface area contributed by atoms with Crippen LogP contribution in [0.4, 0.5) is 0 Å². The van der Waals surface area contributed by atoms with Crippen LogP contribution >= 0.6 is 31.9 Å². The molecule has 0 aliphatic rings. The highest BCUT2D eigenvalue weighted by Crippen LogP contribution is 2.38. The van der Waals surface area contributed by atoms with Crippen molar-refractivity contribution in [1.29, 1.82) is 0 Å². The van der Waals surface area contributed by atoms with Crippen molar-refractivity contribution in [2.75, 3.05) is 0 Å². The Kier molecular flexibility index (Phi) is 9.08. The normalized spacial score (nSPS) is 12.3. The van der Waals surface area contributed by atoms with Gasteiger partial charge in [-0.05, 0) is 36.6 Å². The second-order valence-electron chi connectivity index (χ2n) is 7.15. The zero-order chi connectivity index (χ0) is 22.5. The summed E-state index contributed by atoms with van der Waals surface area (Å²) in [7, 11) is -8.23. The molecule has 0 unspecified atom stereocenters. The fraction of sp³-hybridized carbons (Fsp3) is 0.400. The van der Waals surface area contributed by atoms with Crippen LogP contribution in [-0.2, 0) is 26.5 Å². The summed E-state index contributed by atoms with van der Waals surface area (Å²) >= 11 is 6.67. The van der Waals surface area contributed by atoms with Crippen LogP contribution in [0.5, 0.6) is 0 Å². The Morgan fingerprint density at radius 1 is 0.800 bits per heavy atom. The van der Waals surface area contributed by atoms with Crippen molar-refractivity contribution in [1.82, 2.24) is 0 Å². The number of rotatable bonds is 10. The van der Waals surface area contributed by atoms with Crippen molar-refractivity contribution in [3.63, 3.8) is 0 Å². The quantitative estimate of drug-likeness (QED) is 0.380. The van der Waals surface area contributed by atoms with Gasteiger partial charge in [0.25, 0.3) is 0 Å². The van der Waals surface area contributed by atoms with E-state index in [2.05, 4.69) is 38.8 Å². The Morgan fingerprint density at radius 2 is 1.40 bits per heavy atom. The van der Waals surface area contributed by atoms with E-state index in [1.807, 2.05) is 0 Å². The average Bonchev–Trinajstić information content (AvgIpc) is 2.64. The summed E-state index contributed by atoms with van der Waals surface area (Å²) in [6, 6.07) is 7.77. The first kappa shape index (κ1) is 25.5. The molecule has 0 saturated heterocycles. The van der Waals surface area contributed by atoms with Crippen LogP contribution in [0, 0.1) is 0 Å². The molecule has 4 N–H and O–H groups in total. The molecule has 30 heavy (non-hydrogen) atoms. The number of hydrogen-bond acceptors (Lipinski definition) is 4. The predicted molar refractivity (Wildman–Crippen MR) is 127 cm³/mol. The molecule has 2 aromatic rings. The molecular formula is C20H26Br2N2O4S2. The van der Waals surface area contributed by atoms with Crippen molar-refractivity contribution < 1.29 is 16.8 Å². The van der Waals surface area contributed by atoms with Crippen LogP contribution < -0.4 is 10.3 Å². The lowest BCUT2D eigenvalue weighted by Crippen LogP contribution is -2.18. The van der Waals surface area contributed by atoms with Crippen molar-refractivity contribution in [3.8, 4) is 11.1 Å². The Hall–Kier alpha value is -0.780. The van der Waals surface area contributed by atoms with Crippen LogP contribution in [0.25, 0.3) is 11.1 Å². The third kappa shape index (κ3) is 6.61. The summed E-state index contributed by atoms with van der Waals surface area (Å²) < 4.78 is 50.6. The highest BCUT2D eigenvalue weighted by atomic mass is 79.9. The Morgan fingerprint density at radius 3 is 2.00 bits per heavy atom. The summed E-state index contributed by atoms with van der Waals surface area (Å²) in [5.74, 6) is 0. The van der Waals surface area contributed by atoms with Gasteiger partial charge < -0.3 is 0 Å². The highest BCUT2D eigenvalue weighted by molar-refractivity contribution is 9.10. The number of primary sulfonamides is 2. The Labute approximate surface area is 195 Å². The molecule has 0 aliphatic carbocycles. The molecule has 0 aliphatic heterocycles. The second kappa shape index (κ2) is 10.7. The number of halogens is 2. The van der Waals surface area contributed by atoms with E-state index >= 15 is 0 Å². The predicted octanol–water partition coefficient (Wildman–Crippen LogP) is 5.08. The van der Waals surface area contributed by atoms with E-state index in [-0.39, 0.29) is 20.9 Å². The fourth-order valence-electron chi connectivity index (χ4n) is 3.41. The van der Waals surface area contributed by atoms with Crippen molar-refractivity contribution in [2.45, 2.75) is 61.7 Å². The number of hydrogen-bond donors (Lipinski definition) is 2. The molecule has 0 fully saturated rings. The number of sulfonamides is 2. The van der Waals surface area contributed by atoms with E-state index < -0.39 is 20.0 Å². The third-order valence-electron chi connectivity index (χ3n) is 4.81. The fourth-order valence-corrected chi connectivity index (χ4v) is 6.40. The topological polar surface area (TPSA) is 120 Å². The Balaban J connectivity index is 2.58. The van der Waals surface area contributed by atoms with Crippen molar-refractivity contribution in [2.24, 2.45) is 10.3 Å². The highest BCUT2D eigenvalue weighted by Gasteiger charge is 2.25. The maximum Gasteiger partial charge on any atom is 0.238 e. The SMILES string of the molecule is CCCCCCCCc1c(Br)ccc(-c2ccc(Br)cc2S(N)(=O)=O)c1S(N)(=O)=O. The van der Waals surface area contributed by atoms with Gasteiger partial charge in [-0.2, -0.15) is 0 Å². The van der Waals surface area contributed by atoms with Gasteiger partial charge in [0.1, 0.15) is 0 Å². The average molecular weight is 582 g/mol. The van der Waals surface area contributed by atoms with Gasteiger partial charge in [-0.1, -0.05) is 83.0 Å². The van der Waals surface area contributed by atoms with Gasteiger partial charge in [-0.3, -0.25) is 0 Å². The van der Waals surface area contributed by atoms with E-state index in [9.17, 15) is 16.8 Å². The maximum atomic E-state index is 12.6. The zero-order valence-corrected chi connectivity index (χ0v) is 21.5. The van der Waals surface area contributed by atoms with Gasteiger partial charge >= 0.3 is 0 Å². The first-order valence-corrected chi connectivity index (χ1v) is 14.3. The molecule has 0 atom stereocenters. The zero-order valence-electron chi connectivity index (χ0n) is 16.7. The molecule has 0 spiro atoms. The molecule has 2 aromatic carbocycles. The molecule has 2 rings (SSSR count). The monoisotopic (exact) mass is 580 g/mol. The minimum absolute atomic E-state index is 0.0716. The second-order valence-corrected chi connectivity index (χ2v) is 11.9. The molecular weight excluding hydrogens is 556 g/mol. The van der Waals surface area contributed by atoms with Crippen LogP contribution in [0.2, 0.25) is 0 Å². The summed E-state index contributed by atoms with van der Waals surface area (Å²) in [5, 5.41) is 11.0. The van der Waals surface area contributed by atoms with Gasteiger partial charge in [0.15, 0.2) is 0 Å². The summed E-state index contributed by atoms with van der Waals surface area (Å²) in [5.41, 5.74) is 0.966. The molecule has 6 nitrogen and oxygen atoms in total. The number of benzene rings is 2. The first-order chi connectivity index (χ1) is 14.0. The smallest absolute Gasteiger partial charge is 0.225 e. The van der Waals surface area contributed by atoms with E-state index in [1.165, 1.54) is 18.6 Å². The lowest BCUT2D eigenvalue weighted by molar-refractivity contribution is 0.590. The van der Waals surface area contributed by atoms with Crippen LogP contribution in [0.3, 0.4) is 0 Å². The molecule has 0 radical (unpaired) electrons. The van der Waals surface area contributed by atoms with E-state index in [1.54, 1.807) is 18.2 Å². The number of nitrogens with two attached hydrogens (primary N) is 2. The van der Waals surface area contributed by atoms with Gasteiger partial charge in [0.05, 0.1) is 9.79 Å². The minimum Gasteiger partial charge on any atom is -0.225 e. The van der Waals surface area contributed by atoms with E-state index in [4.69, 9.17) is 10.3 Å². The molecule has 0 bridgehead atoms. The summed E-state index contributed by atoms with van der Waals surface area (Å²) in [4.78, 5) is -0.243.